The van der Waals surface area contributed by atoms with Crippen molar-refractivity contribution < 1.29 is 9.53 Å². The zero-order valence-corrected chi connectivity index (χ0v) is 15.9. The number of nitrogen functional groups attached to an aromatic ring is 1. The van der Waals surface area contributed by atoms with Crippen LogP contribution >= 0.6 is 11.8 Å². The summed E-state index contributed by atoms with van der Waals surface area (Å²) in [6.07, 6.45) is 2.44. The lowest BCUT2D eigenvalue weighted by molar-refractivity contribution is -0.119. The average molecular weight is 383 g/mol. The molecule has 1 amide bonds. The van der Waals surface area contributed by atoms with Crippen LogP contribution in [0, 0.1) is 0 Å². The standard InChI is InChI=1S/C19H21N5O2S/c1-3-16(24-18(20)22-23-19(24)27-2)17(25)21-13-9-11-15(12-10-13)26-14-7-5-4-6-8-14/h4-12,16H,3H2,1-2H3,(H2,20,22)(H,21,25). The molecule has 0 saturated heterocycles. The summed E-state index contributed by atoms with van der Waals surface area (Å²) in [6, 6.07) is 16.3. The van der Waals surface area contributed by atoms with E-state index in [2.05, 4.69) is 15.5 Å². The first kappa shape index (κ1) is 18.8. The van der Waals surface area contributed by atoms with E-state index in [1.807, 2.05) is 55.6 Å². The highest BCUT2D eigenvalue weighted by Gasteiger charge is 2.24. The molecule has 140 valence electrons. The Morgan fingerprint density at radius 1 is 1.15 bits per heavy atom. The smallest absolute Gasteiger partial charge is 0.247 e. The maximum atomic E-state index is 12.8. The average Bonchev–Trinajstić information content (AvgIpc) is 3.05. The van der Waals surface area contributed by atoms with Gasteiger partial charge in [-0.05, 0) is 49.1 Å². The van der Waals surface area contributed by atoms with Crippen molar-refractivity contribution in [2.24, 2.45) is 0 Å². The van der Waals surface area contributed by atoms with Gasteiger partial charge in [0.25, 0.3) is 0 Å². The number of benzene rings is 2. The largest absolute Gasteiger partial charge is 0.457 e. The number of nitrogens with zero attached hydrogens (tertiary/aromatic N) is 3. The number of thioether (sulfide) groups is 1. The molecule has 0 aliphatic carbocycles. The lowest BCUT2D eigenvalue weighted by Crippen LogP contribution is -2.27. The number of hydrogen-bond acceptors (Lipinski definition) is 6. The number of nitrogens with two attached hydrogens (primary N) is 1. The van der Waals surface area contributed by atoms with E-state index in [-0.39, 0.29) is 11.9 Å². The number of amides is 1. The third-order valence-corrected chi connectivity index (χ3v) is 4.62. The van der Waals surface area contributed by atoms with Crippen molar-refractivity contribution in [3.8, 4) is 11.5 Å². The number of carbonyl (C=O) groups is 1. The molecular weight excluding hydrogens is 362 g/mol. The maximum Gasteiger partial charge on any atom is 0.247 e. The van der Waals surface area contributed by atoms with Crippen molar-refractivity contribution in [1.29, 1.82) is 0 Å². The minimum Gasteiger partial charge on any atom is -0.457 e. The topological polar surface area (TPSA) is 95.1 Å². The van der Waals surface area contributed by atoms with Gasteiger partial charge in [0.15, 0.2) is 5.16 Å². The first-order valence-electron chi connectivity index (χ1n) is 8.50. The van der Waals surface area contributed by atoms with Crippen LogP contribution in [0.25, 0.3) is 0 Å². The second-order valence-corrected chi connectivity index (χ2v) is 6.54. The molecule has 3 N–H and O–H groups in total. The normalized spacial score (nSPS) is 11.8. The first-order valence-corrected chi connectivity index (χ1v) is 9.73. The minimum atomic E-state index is -0.484. The molecule has 0 saturated carbocycles. The van der Waals surface area contributed by atoms with Gasteiger partial charge in [-0.3, -0.25) is 9.36 Å². The number of ether oxygens (including phenoxy) is 1. The van der Waals surface area contributed by atoms with E-state index in [9.17, 15) is 4.79 Å². The van der Waals surface area contributed by atoms with E-state index >= 15 is 0 Å². The van der Waals surface area contributed by atoms with Gasteiger partial charge in [0.1, 0.15) is 17.5 Å². The highest BCUT2D eigenvalue weighted by molar-refractivity contribution is 7.98. The fourth-order valence-electron chi connectivity index (χ4n) is 2.66. The zero-order valence-electron chi connectivity index (χ0n) is 15.1. The Morgan fingerprint density at radius 3 is 2.44 bits per heavy atom. The van der Waals surface area contributed by atoms with Gasteiger partial charge in [-0.1, -0.05) is 36.9 Å². The number of anilines is 2. The van der Waals surface area contributed by atoms with E-state index in [1.165, 1.54) is 11.8 Å². The maximum absolute atomic E-state index is 12.8. The molecule has 0 spiro atoms. The first-order chi connectivity index (χ1) is 13.1. The van der Waals surface area contributed by atoms with E-state index in [1.54, 1.807) is 16.7 Å². The Morgan fingerprint density at radius 2 is 1.81 bits per heavy atom. The minimum absolute atomic E-state index is 0.170. The molecular formula is C19H21N5O2S. The van der Waals surface area contributed by atoms with Crippen LogP contribution in [0.2, 0.25) is 0 Å². The molecule has 0 aliphatic rings. The summed E-state index contributed by atoms with van der Waals surface area (Å²) in [5, 5.41) is 11.4. The Bertz CT molecular complexity index is 896. The van der Waals surface area contributed by atoms with E-state index < -0.39 is 6.04 Å². The van der Waals surface area contributed by atoms with Gasteiger partial charge in [-0.2, -0.15) is 0 Å². The van der Waals surface area contributed by atoms with Crippen molar-refractivity contribution >= 4 is 29.3 Å². The molecule has 1 aromatic heterocycles. The number of rotatable bonds is 7. The Hall–Kier alpha value is -3.00. The van der Waals surface area contributed by atoms with Crippen LogP contribution in [0.1, 0.15) is 19.4 Å². The van der Waals surface area contributed by atoms with Gasteiger partial charge < -0.3 is 15.8 Å². The van der Waals surface area contributed by atoms with Crippen molar-refractivity contribution in [2.45, 2.75) is 24.5 Å². The molecule has 1 heterocycles. The number of hydrogen-bond donors (Lipinski definition) is 2. The van der Waals surface area contributed by atoms with Crippen LogP contribution in [0.5, 0.6) is 11.5 Å². The molecule has 3 rings (SSSR count). The SMILES string of the molecule is CCC(C(=O)Nc1ccc(Oc2ccccc2)cc1)n1c(N)nnc1SC. The van der Waals surface area contributed by atoms with Gasteiger partial charge >= 0.3 is 0 Å². The Kier molecular flexibility index (Phi) is 5.97. The van der Waals surface area contributed by atoms with Crippen molar-refractivity contribution in [3.63, 3.8) is 0 Å². The number of carbonyl (C=O) groups excluding carboxylic acids is 1. The van der Waals surface area contributed by atoms with Crippen LogP contribution in [-0.2, 0) is 4.79 Å². The summed E-state index contributed by atoms with van der Waals surface area (Å²) in [7, 11) is 0. The molecule has 8 heteroatoms. The van der Waals surface area contributed by atoms with Crippen molar-refractivity contribution in [3.05, 3.63) is 54.6 Å². The second-order valence-electron chi connectivity index (χ2n) is 5.77. The Balaban J connectivity index is 1.70. The van der Waals surface area contributed by atoms with E-state index in [0.717, 1.165) is 5.75 Å². The van der Waals surface area contributed by atoms with Gasteiger partial charge in [0.2, 0.25) is 11.9 Å². The van der Waals surface area contributed by atoms with Crippen LogP contribution in [0.3, 0.4) is 0 Å². The molecule has 0 radical (unpaired) electrons. The summed E-state index contributed by atoms with van der Waals surface area (Å²) in [5.74, 6) is 1.51. The highest BCUT2D eigenvalue weighted by atomic mass is 32.2. The molecule has 2 aromatic carbocycles. The summed E-state index contributed by atoms with van der Waals surface area (Å²) in [4.78, 5) is 12.8. The third kappa shape index (κ3) is 4.40. The van der Waals surface area contributed by atoms with E-state index in [0.29, 0.717) is 23.0 Å². The quantitative estimate of drug-likeness (QED) is 0.600. The fraction of sp³-hybridized carbons (Fsp3) is 0.211. The van der Waals surface area contributed by atoms with Gasteiger partial charge in [-0.15, -0.1) is 10.2 Å². The predicted molar refractivity (Wildman–Crippen MR) is 107 cm³/mol. The van der Waals surface area contributed by atoms with Gasteiger partial charge in [-0.25, -0.2) is 0 Å². The molecule has 1 unspecified atom stereocenters. The van der Waals surface area contributed by atoms with Crippen LogP contribution in [0.15, 0.2) is 59.8 Å². The molecule has 0 bridgehead atoms. The Labute approximate surface area is 161 Å². The number of nitrogens with one attached hydrogen (secondary N) is 1. The highest BCUT2D eigenvalue weighted by Crippen LogP contribution is 2.26. The van der Waals surface area contributed by atoms with Gasteiger partial charge in [0, 0.05) is 5.69 Å². The van der Waals surface area contributed by atoms with Crippen LogP contribution < -0.4 is 15.8 Å². The van der Waals surface area contributed by atoms with Crippen molar-refractivity contribution in [1.82, 2.24) is 14.8 Å². The second kappa shape index (κ2) is 8.59. The molecule has 27 heavy (non-hydrogen) atoms. The third-order valence-electron chi connectivity index (χ3n) is 3.98. The summed E-state index contributed by atoms with van der Waals surface area (Å²) in [6.45, 7) is 1.92. The van der Waals surface area contributed by atoms with E-state index in [4.69, 9.17) is 10.5 Å². The predicted octanol–water partition coefficient (Wildman–Crippen LogP) is 3.96. The molecule has 1 atom stereocenters. The fourth-order valence-corrected chi connectivity index (χ4v) is 3.20. The summed E-state index contributed by atoms with van der Waals surface area (Å²) in [5.41, 5.74) is 6.57. The zero-order chi connectivity index (χ0) is 19.2. The lowest BCUT2D eigenvalue weighted by Gasteiger charge is -2.18. The van der Waals surface area contributed by atoms with Crippen LogP contribution in [0.4, 0.5) is 11.6 Å². The molecule has 3 aromatic rings. The monoisotopic (exact) mass is 383 g/mol. The summed E-state index contributed by atoms with van der Waals surface area (Å²) >= 11 is 1.40. The molecule has 0 aliphatic heterocycles. The van der Waals surface area contributed by atoms with Gasteiger partial charge in [0.05, 0.1) is 0 Å². The summed E-state index contributed by atoms with van der Waals surface area (Å²) < 4.78 is 7.42. The number of para-hydroxylation sites is 1. The van der Waals surface area contributed by atoms with Crippen molar-refractivity contribution in [2.75, 3.05) is 17.3 Å². The van der Waals surface area contributed by atoms with Crippen LogP contribution in [-0.4, -0.2) is 26.9 Å². The molecule has 0 fully saturated rings. The number of aromatic nitrogens is 3. The lowest BCUT2D eigenvalue weighted by atomic mass is 10.2. The molecule has 7 nitrogen and oxygen atoms in total.